The van der Waals surface area contributed by atoms with Crippen LogP contribution in [0.4, 0.5) is 0 Å². The Kier molecular flexibility index (Phi) is 5.92. The van der Waals surface area contributed by atoms with Crippen LogP contribution >= 0.6 is 0 Å². The van der Waals surface area contributed by atoms with E-state index in [4.69, 9.17) is 0 Å². The topological polar surface area (TPSA) is 46.2 Å². The van der Waals surface area contributed by atoms with Gasteiger partial charge in [0.15, 0.2) is 0 Å². The van der Waals surface area contributed by atoms with Crippen molar-refractivity contribution in [1.82, 2.24) is 5.32 Å². The monoisotopic (exact) mass is 219 g/mol. The van der Waals surface area contributed by atoms with Gasteiger partial charge >= 0.3 is 0 Å². The first-order valence-corrected chi connectivity index (χ1v) is 5.53. The maximum Gasteiger partial charge on any atom is 0.207 e. The Morgan fingerprint density at radius 1 is 1.12 bits per heavy atom. The van der Waals surface area contributed by atoms with E-state index in [0.29, 0.717) is 13.0 Å². The molecule has 16 heavy (non-hydrogen) atoms. The number of carbonyl (C=O) groups excluding carboxylic acids is 2. The van der Waals surface area contributed by atoms with Gasteiger partial charge in [-0.05, 0) is 24.8 Å². The number of benzene rings is 1. The zero-order chi connectivity index (χ0) is 11.6. The molecule has 0 bridgehead atoms. The highest BCUT2D eigenvalue weighted by atomic mass is 16.1. The van der Waals surface area contributed by atoms with E-state index in [9.17, 15) is 9.59 Å². The van der Waals surface area contributed by atoms with E-state index >= 15 is 0 Å². The van der Waals surface area contributed by atoms with E-state index in [2.05, 4.69) is 17.4 Å². The summed E-state index contributed by atoms with van der Waals surface area (Å²) in [5.74, 6) is 0.0349. The summed E-state index contributed by atoms with van der Waals surface area (Å²) in [4.78, 5) is 20.9. The predicted molar refractivity (Wildman–Crippen MR) is 63.0 cm³/mol. The second-order valence-corrected chi connectivity index (χ2v) is 3.78. The molecular formula is C13H17NO2. The van der Waals surface area contributed by atoms with Crippen molar-refractivity contribution in [3.8, 4) is 0 Å². The van der Waals surface area contributed by atoms with Crippen molar-refractivity contribution >= 4 is 12.7 Å². The van der Waals surface area contributed by atoms with Crippen molar-refractivity contribution in [2.24, 2.45) is 5.92 Å². The van der Waals surface area contributed by atoms with Crippen LogP contribution in [0, 0.1) is 5.92 Å². The van der Waals surface area contributed by atoms with Crippen molar-refractivity contribution in [3.63, 3.8) is 0 Å². The number of carbonyl (C=O) groups is 2. The highest BCUT2D eigenvalue weighted by Crippen LogP contribution is 2.10. The molecule has 0 saturated carbocycles. The lowest BCUT2D eigenvalue weighted by Crippen LogP contribution is -2.17. The summed E-state index contributed by atoms with van der Waals surface area (Å²) >= 11 is 0. The van der Waals surface area contributed by atoms with Gasteiger partial charge in [-0.2, -0.15) is 0 Å². The summed E-state index contributed by atoms with van der Waals surface area (Å²) in [6, 6.07) is 10.1. The zero-order valence-corrected chi connectivity index (χ0v) is 9.26. The lowest BCUT2D eigenvalue weighted by Gasteiger charge is -2.09. The van der Waals surface area contributed by atoms with Crippen molar-refractivity contribution in [2.45, 2.75) is 19.3 Å². The fraction of sp³-hybridized carbons (Fsp3) is 0.385. The Balaban J connectivity index is 2.28. The van der Waals surface area contributed by atoms with E-state index in [1.807, 2.05) is 18.2 Å². The minimum atomic E-state index is 0.0349. The zero-order valence-electron chi connectivity index (χ0n) is 9.26. The van der Waals surface area contributed by atoms with Crippen molar-refractivity contribution in [3.05, 3.63) is 35.9 Å². The highest BCUT2D eigenvalue weighted by molar-refractivity contribution is 5.53. The lowest BCUT2D eigenvalue weighted by atomic mass is 9.98. The molecule has 0 fully saturated rings. The first kappa shape index (κ1) is 12.4. The van der Waals surface area contributed by atoms with E-state index in [1.54, 1.807) is 0 Å². The first-order valence-electron chi connectivity index (χ1n) is 5.53. The molecule has 86 valence electrons. The molecule has 1 atom stereocenters. The summed E-state index contributed by atoms with van der Waals surface area (Å²) in [5.41, 5.74) is 1.25. The molecule has 1 rings (SSSR count). The molecule has 1 aromatic carbocycles. The standard InChI is InChI=1S/C13H17NO2/c15-10-13(8-9-14-11-16)7-6-12-4-2-1-3-5-12/h1-5,10-11,13H,6-9H2,(H,14,16). The smallest absolute Gasteiger partial charge is 0.207 e. The summed E-state index contributed by atoms with van der Waals surface area (Å²) in [7, 11) is 0. The van der Waals surface area contributed by atoms with Gasteiger partial charge in [-0.3, -0.25) is 4.79 Å². The Bertz CT molecular complexity index is 311. The molecule has 0 aliphatic heterocycles. The quantitative estimate of drug-likeness (QED) is 0.533. The molecule has 0 saturated heterocycles. The first-order chi connectivity index (χ1) is 7.86. The van der Waals surface area contributed by atoms with E-state index < -0.39 is 0 Å². The average Bonchev–Trinajstić information content (AvgIpc) is 2.35. The molecule has 0 aliphatic rings. The number of rotatable bonds is 8. The predicted octanol–water partition coefficient (Wildman–Crippen LogP) is 1.57. The van der Waals surface area contributed by atoms with Crippen LogP contribution in [-0.2, 0) is 16.0 Å². The second-order valence-electron chi connectivity index (χ2n) is 3.78. The molecule has 1 unspecified atom stereocenters. The third kappa shape index (κ3) is 4.73. The largest absolute Gasteiger partial charge is 0.359 e. The van der Waals surface area contributed by atoms with E-state index in [1.165, 1.54) is 5.56 Å². The summed E-state index contributed by atoms with van der Waals surface area (Å²) < 4.78 is 0. The van der Waals surface area contributed by atoms with E-state index in [0.717, 1.165) is 25.5 Å². The molecule has 0 spiro atoms. The van der Waals surface area contributed by atoms with Crippen LogP contribution in [0.3, 0.4) is 0 Å². The Morgan fingerprint density at radius 3 is 2.50 bits per heavy atom. The number of nitrogens with one attached hydrogen (secondary N) is 1. The summed E-state index contributed by atoms with van der Waals surface area (Å²) in [6.45, 7) is 0.571. The second kappa shape index (κ2) is 7.63. The van der Waals surface area contributed by atoms with E-state index in [-0.39, 0.29) is 5.92 Å². The van der Waals surface area contributed by atoms with Gasteiger partial charge in [0.2, 0.25) is 6.41 Å². The van der Waals surface area contributed by atoms with Gasteiger partial charge in [0.05, 0.1) is 0 Å². The van der Waals surface area contributed by atoms with Crippen LogP contribution in [0.25, 0.3) is 0 Å². The number of amides is 1. The third-order valence-corrected chi connectivity index (χ3v) is 2.58. The molecule has 0 aromatic heterocycles. The van der Waals surface area contributed by atoms with Crippen molar-refractivity contribution in [2.75, 3.05) is 6.54 Å². The number of hydrogen-bond acceptors (Lipinski definition) is 2. The maximum absolute atomic E-state index is 10.8. The van der Waals surface area contributed by atoms with Crippen LogP contribution in [0.1, 0.15) is 18.4 Å². The number of hydrogen-bond donors (Lipinski definition) is 1. The van der Waals surface area contributed by atoms with Crippen molar-refractivity contribution in [1.29, 1.82) is 0 Å². The number of aryl methyl sites for hydroxylation is 1. The van der Waals surface area contributed by atoms with Gasteiger partial charge in [-0.1, -0.05) is 30.3 Å². The fourth-order valence-electron chi connectivity index (χ4n) is 1.60. The van der Waals surface area contributed by atoms with Crippen LogP contribution in [0.5, 0.6) is 0 Å². The lowest BCUT2D eigenvalue weighted by molar-refractivity contribution is -0.112. The van der Waals surface area contributed by atoms with Crippen LogP contribution in [0.15, 0.2) is 30.3 Å². The molecule has 0 radical (unpaired) electrons. The molecule has 1 amide bonds. The highest BCUT2D eigenvalue weighted by Gasteiger charge is 2.06. The Labute approximate surface area is 95.9 Å². The fourth-order valence-corrected chi connectivity index (χ4v) is 1.60. The molecule has 0 aliphatic carbocycles. The minimum absolute atomic E-state index is 0.0349. The third-order valence-electron chi connectivity index (χ3n) is 2.58. The summed E-state index contributed by atoms with van der Waals surface area (Å²) in [6.07, 6.45) is 4.11. The van der Waals surface area contributed by atoms with Gasteiger partial charge < -0.3 is 10.1 Å². The van der Waals surface area contributed by atoms with Gasteiger partial charge in [-0.15, -0.1) is 0 Å². The van der Waals surface area contributed by atoms with Crippen LogP contribution in [0.2, 0.25) is 0 Å². The maximum atomic E-state index is 10.8. The van der Waals surface area contributed by atoms with Gasteiger partial charge in [0.25, 0.3) is 0 Å². The minimum Gasteiger partial charge on any atom is -0.359 e. The van der Waals surface area contributed by atoms with Crippen LogP contribution in [-0.4, -0.2) is 19.2 Å². The normalized spacial score (nSPS) is 11.8. The molecule has 3 nitrogen and oxygen atoms in total. The molecule has 0 heterocycles. The Hall–Kier alpha value is -1.64. The Morgan fingerprint density at radius 2 is 1.88 bits per heavy atom. The molecule has 1 aromatic rings. The van der Waals surface area contributed by atoms with Crippen molar-refractivity contribution < 1.29 is 9.59 Å². The van der Waals surface area contributed by atoms with Crippen LogP contribution < -0.4 is 5.32 Å². The van der Waals surface area contributed by atoms with Gasteiger partial charge in [-0.25, -0.2) is 0 Å². The molecule has 3 heteroatoms. The molecular weight excluding hydrogens is 202 g/mol. The van der Waals surface area contributed by atoms with Gasteiger partial charge in [0.1, 0.15) is 6.29 Å². The summed E-state index contributed by atoms with van der Waals surface area (Å²) in [5, 5.41) is 2.57. The average molecular weight is 219 g/mol. The molecule has 1 N–H and O–H groups in total. The SMILES string of the molecule is O=CNCCC(C=O)CCc1ccccc1. The van der Waals surface area contributed by atoms with Gasteiger partial charge in [0, 0.05) is 12.5 Å². The number of aldehydes is 1.